The first-order valence-electron chi connectivity index (χ1n) is 15.9. The van der Waals surface area contributed by atoms with Gasteiger partial charge in [-0.2, -0.15) is 5.01 Å². The van der Waals surface area contributed by atoms with Gasteiger partial charge >= 0.3 is 18.2 Å². The van der Waals surface area contributed by atoms with Crippen LogP contribution in [-0.4, -0.2) is 82.9 Å². The zero-order valence-electron chi connectivity index (χ0n) is 28.0. The molecule has 1 aromatic rings. The van der Waals surface area contributed by atoms with Gasteiger partial charge in [0.05, 0.1) is 54.5 Å². The van der Waals surface area contributed by atoms with Crippen molar-refractivity contribution >= 4 is 46.4 Å². The maximum atomic E-state index is 13.4. The number of esters is 1. The summed E-state index contributed by atoms with van der Waals surface area (Å²) in [7, 11) is 0. The number of fused-ring (bicyclic) bond motifs is 1. The average molecular weight is 668 g/mol. The van der Waals surface area contributed by atoms with Gasteiger partial charge in [-0.3, -0.25) is 9.59 Å². The number of hydrazine groups is 1. The predicted molar refractivity (Wildman–Crippen MR) is 171 cm³/mol. The maximum Gasteiger partial charge on any atom is 0.434 e. The van der Waals surface area contributed by atoms with E-state index in [1.165, 1.54) is 0 Å². The fourth-order valence-corrected chi connectivity index (χ4v) is 6.47. The van der Waals surface area contributed by atoms with Gasteiger partial charge in [0.15, 0.2) is 0 Å². The highest BCUT2D eigenvalue weighted by atomic mass is 32.1. The lowest BCUT2D eigenvalue weighted by molar-refractivity contribution is -0.154. The smallest absolute Gasteiger partial charge is 0.434 e. The van der Waals surface area contributed by atoms with Gasteiger partial charge in [0.25, 0.3) is 0 Å². The molecule has 3 heterocycles. The Morgan fingerprint density at radius 3 is 2.46 bits per heavy atom. The van der Waals surface area contributed by atoms with Crippen molar-refractivity contribution in [3.8, 4) is 0 Å². The number of hydrogen-bond donors (Lipinski definition) is 3. The first kappa shape index (κ1) is 37.4. The number of ether oxygens (including phenoxy) is 4. The van der Waals surface area contributed by atoms with E-state index in [4.69, 9.17) is 18.9 Å². The van der Waals surface area contributed by atoms with Gasteiger partial charge in [-0.05, 0) is 58.1 Å². The monoisotopic (exact) mass is 667 g/mol. The molecule has 46 heavy (non-hydrogen) atoms. The Morgan fingerprint density at radius 1 is 1.13 bits per heavy atom. The van der Waals surface area contributed by atoms with Gasteiger partial charge in [-0.1, -0.05) is 45.5 Å². The summed E-state index contributed by atoms with van der Waals surface area (Å²) in [6, 6.07) is 0. The number of amides is 2. The second-order valence-electron chi connectivity index (χ2n) is 12.6. The lowest BCUT2D eigenvalue weighted by Crippen LogP contribution is -2.47. The van der Waals surface area contributed by atoms with Crippen molar-refractivity contribution in [3.05, 3.63) is 16.3 Å². The number of carbonyl (C=O) groups is 4. The Balaban J connectivity index is 1.93. The molecule has 13 nitrogen and oxygen atoms in total. The number of aliphatic hydroxyl groups excluding tert-OH is 2. The molecule has 3 rings (SSSR count). The largest absolute Gasteiger partial charge is 0.458 e. The highest BCUT2D eigenvalue weighted by Gasteiger charge is 2.44. The number of epoxide rings is 1. The highest BCUT2D eigenvalue weighted by molar-refractivity contribution is 7.16. The molecule has 2 aliphatic rings. The Kier molecular flexibility index (Phi) is 13.1. The average Bonchev–Trinajstić information content (AvgIpc) is 3.63. The minimum absolute atomic E-state index is 0.0417. The molecule has 2 amide bonds. The van der Waals surface area contributed by atoms with Crippen LogP contribution in [0.1, 0.15) is 91.3 Å². The van der Waals surface area contributed by atoms with Gasteiger partial charge < -0.3 is 29.2 Å². The van der Waals surface area contributed by atoms with Gasteiger partial charge in [0, 0.05) is 12.3 Å². The molecule has 0 bridgehead atoms. The van der Waals surface area contributed by atoms with Crippen LogP contribution < -0.4 is 10.4 Å². The number of anilines is 1. The SMILES string of the molecule is CCOC(=O)NN(C(=O)OCC)c1sc(C)nc1/C=C(\C)C1C[C@@H]2O[C@@H]2CCC[C@H](C)[C@H](O)[C@@H](C)C(=O)C(C)(C)[C@@H](O)CC(=O)O1. The minimum atomic E-state index is -1.35. The Morgan fingerprint density at radius 2 is 1.80 bits per heavy atom. The number of thiazole rings is 1. The predicted octanol–water partition coefficient (Wildman–Crippen LogP) is 4.71. The summed E-state index contributed by atoms with van der Waals surface area (Å²) in [5, 5.41) is 23.7. The van der Waals surface area contributed by atoms with E-state index in [0.717, 1.165) is 29.2 Å². The fourth-order valence-electron chi connectivity index (χ4n) is 5.63. The van der Waals surface area contributed by atoms with Crippen molar-refractivity contribution in [3.63, 3.8) is 0 Å². The first-order chi connectivity index (χ1) is 21.6. The van der Waals surface area contributed by atoms with E-state index in [1.54, 1.807) is 54.5 Å². The van der Waals surface area contributed by atoms with Gasteiger partial charge in [-0.25, -0.2) is 20.0 Å². The van der Waals surface area contributed by atoms with Crippen LogP contribution in [0.25, 0.3) is 6.08 Å². The standard InChI is InChI=1S/C32H49N3O10S/c1-9-42-30(40)34-35(31(41)43-10-2)29-21(33-20(6)46-29)14-18(4)23-15-24-22(44-24)13-11-12-17(3)27(38)19(5)28(39)32(7,8)25(36)16-26(37)45-23/h14,17,19,22-25,27,36,38H,9-13,15-16H2,1-8H3,(H,34,40)/b18-14+/t17-,19+,22+,23?,24-,25-,27-/m0/s1. The van der Waals surface area contributed by atoms with E-state index in [-0.39, 0.29) is 42.1 Å². The molecule has 0 radical (unpaired) electrons. The van der Waals surface area contributed by atoms with E-state index in [2.05, 4.69) is 10.4 Å². The molecule has 0 saturated carbocycles. The maximum absolute atomic E-state index is 13.4. The molecule has 0 aromatic carbocycles. The van der Waals surface area contributed by atoms with Crippen LogP contribution >= 0.6 is 11.3 Å². The Labute approximate surface area is 274 Å². The van der Waals surface area contributed by atoms with Crippen molar-refractivity contribution in [2.24, 2.45) is 17.3 Å². The van der Waals surface area contributed by atoms with Crippen molar-refractivity contribution in [1.82, 2.24) is 10.4 Å². The normalized spacial score (nSPS) is 29.3. The lowest BCUT2D eigenvalue weighted by atomic mass is 9.73. The third kappa shape index (κ3) is 9.49. The van der Waals surface area contributed by atoms with Crippen molar-refractivity contribution in [2.45, 2.75) is 118 Å². The number of hydrogen-bond acceptors (Lipinski definition) is 12. The molecule has 2 aliphatic heterocycles. The molecule has 0 aliphatic carbocycles. The van der Waals surface area contributed by atoms with Gasteiger partial charge in [-0.15, -0.1) is 0 Å². The summed E-state index contributed by atoms with van der Waals surface area (Å²) in [4.78, 5) is 56.3. The molecule has 7 atom stereocenters. The molecule has 14 heteroatoms. The quantitative estimate of drug-likeness (QED) is 0.171. The van der Waals surface area contributed by atoms with Gasteiger partial charge in [0.2, 0.25) is 0 Å². The summed E-state index contributed by atoms with van der Waals surface area (Å²) in [5.41, 5.74) is 2.01. The number of cyclic esters (lactones) is 1. The molecule has 1 aromatic heterocycles. The molecular formula is C32H49N3O10S. The number of nitrogens with one attached hydrogen (secondary N) is 1. The number of aromatic nitrogens is 1. The number of carbonyl (C=O) groups excluding carboxylic acids is 4. The molecule has 2 saturated heterocycles. The van der Waals surface area contributed by atoms with Crippen molar-refractivity contribution < 1.29 is 48.3 Å². The van der Waals surface area contributed by atoms with Crippen LogP contribution in [0.4, 0.5) is 14.6 Å². The Hall–Kier alpha value is -3.07. The minimum Gasteiger partial charge on any atom is -0.458 e. The van der Waals surface area contributed by atoms with E-state index < -0.39 is 54.2 Å². The van der Waals surface area contributed by atoms with Crippen LogP contribution in [0.15, 0.2) is 5.57 Å². The zero-order chi connectivity index (χ0) is 34.3. The lowest BCUT2D eigenvalue weighted by Gasteiger charge is -2.34. The van der Waals surface area contributed by atoms with Crippen molar-refractivity contribution in [1.29, 1.82) is 0 Å². The van der Waals surface area contributed by atoms with E-state index >= 15 is 0 Å². The topological polar surface area (TPSA) is 177 Å². The number of Topliss-reactive ketones (excluding diaryl/α,β-unsaturated/α-hetero) is 1. The Bertz CT molecular complexity index is 1280. The summed E-state index contributed by atoms with van der Waals surface area (Å²) in [6.07, 6.45) is -1.09. The van der Waals surface area contributed by atoms with Crippen LogP contribution in [0.5, 0.6) is 0 Å². The summed E-state index contributed by atoms with van der Waals surface area (Å²) in [6.45, 7) is 13.6. The van der Waals surface area contributed by atoms with E-state index in [0.29, 0.717) is 29.1 Å². The molecular weight excluding hydrogens is 618 g/mol. The number of aryl methyl sites for hydroxylation is 1. The molecule has 3 N–H and O–H groups in total. The fraction of sp³-hybridized carbons (Fsp3) is 0.719. The summed E-state index contributed by atoms with van der Waals surface area (Å²) < 4.78 is 21.9. The zero-order valence-corrected chi connectivity index (χ0v) is 28.8. The number of rotatable bonds is 5. The second kappa shape index (κ2) is 16.2. The number of ketones is 1. The summed E-state index contributed by atoms with van der Waals surface area (Å²) in [5.74, 6) is -1.90. The van der Waals surface area contributed by atoms with Crippen LogP contribution in [-0.2, 0) is 28.5 Å². The third-order valence-electron chi connectivity index (χ3n) is 8.64. The molecule has 0 spiro atoms. The van der Waals surface area contributed by atoms with Crippen LogP contribution in [0.3, 0.4) is 0 Å². The second-order valence-corrected chi connectivity index (χ2v) is 13.8. The first-order valence-corrected chi connectivity index (χ1v) is 16.7. The molecule has 1 unspecified atom stereocenters. The number of nitrogens with zero attached hydrogens (tertiary/aromatic N) is 2. The van der Waals surface area contributed by atoms with Gasteiger partial charge in [0.1, 0.15) is 22.6 Å². The van der Waals surface area contributed by atoms with Crippen LogP contribution in [0, 0.1) is 24.2 Å². The van der Waals surface area contributed by atoms with Crippen molar-refractivity contribution in [2.75, 3.05) is 18.2 Å². The number of aliphatic hydroxyl groups is 2. The molecule has 258 valence electrons. The third-order valence-corrected chi connectivity index (χ3v) is 9.61. The summed E-state index contributed by atoms with van der Waals surface area (Å²) >= 11 is 1.15. The molecule has 2 fully saturated rings. The van der Waals surface area contributed by atoms with E-state index in [9.17, 15) is 29.4 Å². The van der Waals surface area contributed by atoms with E-state index in [1.807, 2.05) is 6.92 Å². The van der Waals surface area contributed by atoms with Crippen LogP contribution in [0.2, 0.25) is 0 Å². The highest BCUT2D eigenvalue weighted by Crippen LogP contribution is 2.37.